The maximum atomic E-state index is 8.42. The third-order valence-electron chi connectivity index (χ3n) is 0.768. The SMILES string of the molecule is OCCc1nnc(Cl)s1. The van der Waals surface area contributed by atoms with Gasteiger partial charge >= 0.3 is 0 Å². The van der Waals surface area contributed by atoms with Gasteiger partial charge in [-0.2, -0.15) is 0 Å². The van der Waals surface area contributed by atoms with Crippen molar-refractivity contribution in [1.29, 1.82) is 0 Å². The van der Waals surface area contributed by atoms with E-state index in [-0.39, 0.29) is 6.61 Å². The van der Waals surface area contributed by atoms with Crippen LogP contribution in [0.4, 0.5) is 0 Å². The Morgan fingerprint density at radius 2 is 2.33 bits per heavy atom. The van der Waals surface area contributed by atoms with Gasteiger partial charge < -0.3 is 5.11 Å². The molecule has 0 amide bonds. The van der Waals surface area contributed by atoms with Crippen molar-refractivity contribution in [2.75, 3.05) is 6.61 Å². The standard InChI is InChI=1S/C4H5ClN2OS/c5-4-7-6-3(9-4)1-2-8/h8H,1-2H2. The predicted molar refractivity (Wildman–Crippen MR) is 35.7 cm³/mol. The highest BCUT2D eigenvalue weighted by atomic mass is 35.5. The fourth-order valence-corrected chi connectivity index (χ4v) is 1.29. The van der Waals surface area contributed by atoms with Gasteiger partial charge in [0.05, 0.1) is 0 Å². The third-order valence-corrected chi connectivity index (χ3v) is 1.85. The van der Waals surface area contributed by atoms with E-state index in [1.54, 1.807) is 0 Å². The first-order valence-electron chi connectivity index (χ1n) is 2.41. The van der Waals surface area contributed by atoms with E-state index in [0.29, 0.717) is 10.9 Å². The monoisotopic (exact) mass is 164 g/mol. The number of hydrogen-bond acceptors (Lipinski definition) is 4. The highest BCUT2D eigenvalue weighted by Gasteiger charge is 1.98. The van der Waals surface area contributed by atoms with Crippen molar-refractivity contribution < 1.29 is 5.11 Å². The molecular weight excluding hydrogens is 160 g/mol. The van der Waals surface area contributed by atoms with Crippen molar-refractivity contribution in [3.8, 4) is 0 Å². The zero-order valence-corrected chi connectivity index (χ0v) is 6.11. The fraction of sp³-hybridized carbons (Fsp3) is 0.500. The second-order valence-electron chi connectivity index (χ2n) is 1.42. The Morgan fingerprint density at radius 3 is 2.78 bits per heavy atom. The van der Waals surface area contributed by atoms with Crippen LogP contribution in [0.25, 0.3) is 0 Å². The molecular formula is C4H5ClN2OS. The van der Waals surface area contributed by atoms with Crippen molar-refractivity contribution in [2.24, 2.45) is 0 Å². The molecule has 50 valence electrons. The van der Waals surface area contributed by atoms with Crippen LogP contribution < -0.4 is 0 Å². The summed E-state index contributed by atoms with van der Waals surface area (Å²) in [6.07, 6.45) is 0.546. The van der Waals surface area contributed by atoms with Crippen LogP contribution in [0.3, 0.4) is 0 Å². The van der Waals surface area contributed by atoms with Crippen molar-refractivity contribution in [1.82, 2.24) is 10.2 Å². The maximum absolute atomic E-state index is 8.42. The van der Waals surface area contributed by atoms with Crippen LogP contribution >= 0.6 is 22.9 Å². The Morgan fingerprint density at radius 1 is 1.56 bits per heavy atom. The first-order valence-corrected chi connectivity index (χ1v) is 3.61. The van der Waals surface area contributed by atoms with Gasteiger partial charge in [0, 0.05) is 13.0 Å². The lowest BCUT2D eigenvalue weighted by atomic mass is 10.5. The third kappa shape index (κ3) is 1.89. The highest BCUT2D eigenvalue weighted by molar-refractivity contribution is 7.15. The van der Waals surface area contributed by atoms with Crippen LogP contribution in [0, 0.1) is 0 Å². The molecule has 1 rings (SSSR count). The smallest absolute Gasteiger partial charge is 0.207 e. The molecule has 0 bridgehead atoms. The van der Waals surface area contributed by atoms with Crippen LogP contribution in [0.5, 0.6) is 0 Å². The number of aliphatic hydroxyl groups excluding tert-OH is 1. The van der Waals surface area contributed by atoms with E-state index in [1.165, 1.54) is 11.3 Å². The van der Waals surface area contributed by atoms with Gasteiger partial charge in [0.2, 0.25) is 4.47 Å². The normalized spacial score (nSPS) is 10.0. The number of hydrogen-bond donors (Lipinski definition) is 1. The minimum absolute atomic E-state index is 0.103. The lowest BCUT2D eigenvalue weighted by Gasteiger charge is -1.82. The van der Waals surface area contributed by atoms with Crippen LogP contribution in [-0.2, 0) is 6.42 Å². The Kier molecular flexibility index (Phi) is 2.38. The quantitative estimate of drug-likeness (QED) is 0.701. The number of aromatic nitrogens is 2. The van der Waals surface area contributed by atoms with Gasteiger partial charge in [-0.1, -0.05) is 11.3 Å². The molecule has 1 aromatic rings. The molecule has 0 aromatic carbocycles. The molecule has 0 saturated carbocycles. The maximum Gasteiger partial charge on any atom is 0.207 e. The Balaban J connectivity index is 2.61. The molecule has 0 aliphatic carbocycles. The van der Waals surface area contributed by atoms with E-state index in [4.69, 9.17) is 16.7 Å². The lowest BCUT2D eigenvalue weighted by Crippen LogP contribution is -1.88. The van der Waals surface area contributed by atoms with Gasteiger partial charge in [-0.3, -0.25) is 0 Å². The second kappa shape index (κ2) is 3.10. The van der Waals surface area contributed by atoms with Gasteiger partial charge in [0.15, 0.2) is 0 Å². The summed E-state index contributed by atoms with van der Waals surface area (Å²) in [4.78, 5) is 0. The van der Waals surface area contributed by atoms with Crippen molar-refractivity contribution in [2.45, 2.75) is 6.42 Å². The van der Waals surface area contributed by atoms with Crippen LogP contribution in [0.15, 0.2) is 0 Å². The topological polar surface area (TPSA) is 46.0 Å². The summed E-state index contributed by atoms with van der Waals surface area (Å²) >= 11 is 6.75. The molecule has 0 radical (unpaired) electrons. The molecule has 0 unspecified atom stereocenters. The largest absolute Gasteiger partial charge is 0.396 e. The van der Waals surface area contributed by atoms with Crippen LogP contribution in [0.1, 0.15) is 5.01 Å². The summed E-state index contributed by atoms with van der Waals surface area (Å²) in [5.74, 6) is 0. The number of nitrogens with zero attached hydrogens (tertiary/aromatic N) is 2. The molecule has 5 heteroatoms. The predicted octanol–water partition coefficient (Wildman–Crippen LogP) is 0.726. The summed E-state index contributed by atoms with van der Waals surface area (Å²) in [7, 11) is 0. The average Bonchev–Trinajstić information content (AvgIpc) is 2.17. The van der Waals surface area contributed by atoms with Crippen molar-refractivity contribution in [3.63, 3.8) is 0 Å². The van der Waals surface area contributed by atoms with Gasteiger partial charge in [-0.05, 0) is 11.6 Å². The van der Waals surface area contributed by atoms with Crippen molar-refractivity contribution >= 4 is 22.9 Å². The zero-order valence-electron chi connectivity index (χ0n) is 4.54. The Bertz CT molecular complexity index is 190. The lowest BCUT2D eigenvalue weighted by molar-refractivity contribution is 0.299. The first kappa shape index (κ1) is 6.92. The van der Waals surface area contributed by atoms with Gasteiger partial charge in [-0.15, -0.1) is 10.2 Å². The summed E-state index contributed by atoms with van der Waals surface area (Å²) < 4.78 is 0.429. The first-order chi connectivity index (χ1) is 4.33. The summed E-state index contributed by atoms with van der Waals surface area (Å²) in [6.45, 7) is 0.103. The molecule has 1 aromatic heterocycles. The molecule has 1 heterocycles. The summed E-state index contributed by atoms with van der Waals surface area (Å²) in [6, 6.07) is 0. The molecule has 0 aliphatic rings. The van der Waals surface area contributed by atoms with E-state index in [0.717, 1.165) is 5.01 Å². The molecule has 0 atom stereocenters. The molecule has 9 heavy (non-hydrogen) atoms. The van der Waals surface area contributed by atoms with Crippen LogP contribution in [0.2, 0.25) is 4.47 Å². The average molecular weight is 165 g/mol. The van der Waals surface area contributed by atoms with Crippen LogP contribution in [-0.4, -0.2) is 21.9 Å². The highest BCUT2D eigenvalue weighted by Crippen LogP contribution is 2.14. The second-order valence-corrected chi connectivity index (χ2v) is 3.07. The van der Waals surface area contributed by atoms with E-state index >= 15 is 0 Å². The zero-order chi connectivity index (χ0) is 6.69. The van der Waals surface area contributed by atoms with Gasteiger partial charge in [0.25, 0.3) is 0 Å². The minimum Gasteiger partial charge on any atom is -0.396 e. The summed E-state index contributed by atoms with van der Waals surface area (Å²) in [5, 5.41) is 16.4. The molecule has 0 fully saturated rings. The minimum atomic E-state index is 0.103. The van der Waals surface area contributed by atoms with Gasteiger partial charge in [0.1, 0.15) is 5.01 Å². The Labute approximate surface area is 61.3 Å². The molecule has 0 aliphatic heterocycles. The van der Waals surface area contributed by atoms with E-state index in [9.17, 15) is 0 Å². The van der Waals surface area contributed by atoms with Crippen molar-refractivity contribution in [3.05, 3.63) is 9.47 Å². The summed E-state index contributed by atoms with van der Waals surface area (Å²) in [5.41, 5.74) is 0. The molecule has 0 saturated heterocycles. The number of aliphatic hydroxyl groups is 1. The fourth-order valence-electron chi connectivity index (χ4n) is 0.430. The number of halogens is 1. The molecule has 0 spiro atoms. The molecule has 3 nitrogen and oxygen atoms in total. The molecule has 1 N–H and O–H groups in total. The van der Waals surface area contributed by atoms with Gasteiger partial charge in [-0.25, -0.2) is 0 Å². The Hall–Kier alpha value is -0.190. The van der Waals surface area contributed by atoms with E-state index < -0.39 is 0 Å². The van der Waals surface area contributed by atoms with E-state index in [2.05, 4.69) is 10.2 Å². The van der Waals surface area contributed by atoms with E-state index in [1.807, 2.05) is 0 Å². The number of rotatable bonds is 2.